The third-order valence-electron chi connectivity index (χ3n) is 6.37. The van der Waals surface area contributed by atoms with Crippen LogP contribution in [0, 0.1) is 0 Å². The van der Waals surface area contributed by atoms with Crippen LogP contribution in [-0.2, 0) is 12.8 Å². The monoisotopic (exact) mass is 431 g/mol. The number of benzene rings is 1. The maximum atomic E-state index is 5.41. The highest BCUT2D eigenvalue weighted by atomic mass is 16.5. The van der Waals surface area contributed by atoms with Crippen LogP contribution >= 0.6 is 0 Å². The van der Waals surface area contributed by atoms with Crippen molar-refractivity contribution in [3.8, 4) is 22.9 Å². The van der Waals surface area contributed by atoms with Crippen LogP contribution in [0.25, 0.3) is 11.4 Å². The number of nitrogens with zero attached hydrogens (tertiary/aromatic N) is 4. The molecule has 0 atom stereocenters. The summed E-state index contributed by atoms with van der Waals surface area (Å²) in [6.45, 7) is 1.94. The molecule has 5 rings (SSSR count). The molecule has 2 aliphatic rings. The van der Waals surface area contributed by atoms with Gasteiger partial charge in [-0.25, -0.2) is 9.97 Å². The number of ether oxygens (including phenoxy) is 2. The molecule has 3 aromatic rings. The van der Waals surface area contributed by atoms with Crippen molar-refractivity contribution < 1.29 is 9.47 Å². The van der Waals surface area contributed by atoms with E-state index >= 15 is 0 Å². The number of piperidine rings is 1. The van der Waals surface area contributed by atoms with Crippen molar-refractivity contribution in [2.24, 2.45) is 0 Å². The zero-order valence-electron chi connectivity index (χ0n) is 18.7. The molecule has 166 valence electrons. The van der Waals surface area contributed by atoms with Crippen molar-refractivity contribution in [2.75, 3.05) is 37.5 Å². The molecule has 1 N–H and O–H groups in total. The average molecular weight is 432 g/mol. The highest BCUT2D eigenvalue weighted by Crippen LogP contribution is 2.33. The number of rotatable bonds is 6. The zero-order chi connectivity index (χ0) is 21.9. The van der Waals surface area contributed by atoms with Crippen molar-refractivity contribution in [2.45, 2.75) is 38.1 Å². The van der Waals surface area contributed by atoms with Gasteiger partial charge in [-0.3, -0.25) is 4.98 Å². The molecule has 32 heavy (non-hydrogen) atoms. The van der Waals surface area contributed by atoms with E-state index in [1.807, 2.05) is 30.3 Å². The van der Waals surface area contributed by atoms with Gasteiger partial charge >= 0.3 is 0 Å². The van der Waals surface area contributed by atoms with E-state index in [2.05, 4.69) is 15.2 Å². The Morgan fingerprint density at radius 1 is 0.938 bits per heavy atom. The van der Waals surface area contributed by atoms with Gasteiger partial charge in [0.25, 0.3) is 0 Å². The Morgan fingerprint density at radius 2 is 1.66 bits per heavy atom. The molecule has 1 aromatic carbocycles. The first kappa shape index (κ1) is 20.5. The van der Waals surface area contributed by atoms with E-state index in [4.69, 9.17) is 19.4 Å². The Hall–Kier alpha value is -3.35. The molecule has 3 heterocycles. The Balaban J connectivity index is 1.32. The maximum absolute atomic E-state index is 5.41. The molecule has 0 amide bonds. The van der Waals surface area contributed by atoms with Crippen molar-refractivity contribution >= 4 is 11.5 Å². The summed E-state index contributed by atoms with van der Waals surface area (Å²) in [5.41, 5.74) is 4.61. The van der Waals surface area contributed by atoms with Gasteiger partial charge in [-0.05, 0) is 44.2 Å². The summed E-state index contributed by atoms with van der Waals surface area (Å²) in [5.74, 6) is 3.53. The first-order chi connectivity index (χ1) is 15.7. The Morgan fingerprint density at radius 3 is 2.34 bits per heavy atom. The second kappa shape index (κ2) is 9.02. The third kappa shape index (κ3) is 4.20. The summed E-state index contributed by atoms with van der Waals surface area (Å²) in [6.07, 6.45) is 8.96. The molecule has 0 bridgehead atoms. The maximum Gasteiger partial charge on any atom is 0.161 e. The number of anilines is 2. The van der Waals surface area contributed by atoms with Gasteiger partial charge in [0.2, 0.25) is 0 Å². The molecule has 1 saturated heterocycles. The topological polar surface area (TPSA) is 72.4 Å². The first-order valence-corrected chi connectivity index (χ1v) is 11.3. The van der Waals surface area contributed by atoms with Crippen molar-refractivity contribution in [1.82, 2.24) is 15.0 Å². The molecule has 2 aromatic heterocycles. The number of hydrogen-bond acceptors (Lipinski definition) is 7. The van der Waals surface area contributed by atoms with Crippen molar-refractivity contribution in [3.05, 3.63) is 54.0 Å². The van der Waals surface area contributed by atoms with E-state index in [9.17, 15) is 0 Å². The minimum Gasteiger partial charge on any atom is -0.497 e. The van der Waals surface area contributed by atoms with Crippen LogP contribution in [0.4, 0.5) is 11.5 Å². The lowest BCUT2D eigenvalue weighted by atomic mass is 10.0. The molecule has 7 heteroatoms. The average Bonchev–Trinajstić information content (AvgIpc) is 3.33. The fourth-order valence-corrected chi connectivity index (χ4v) is 4.67. The van der Waals surface area contributed by atoms with Crippen LogP contribution in [0.2, 0.25) is 0 Å². The second-order valence-corrected chi connectivity index (χ2v) is 8.39. The number of methoxy groups -OCH3 is 2. The fraction of sp³-hybridized carbons (Fsp3) is 0.400. The van der Waals surface area contributed by atoms with Crippen LogP contribution in [0.3, 0.4) is 0 Å². The highest BCUT2D eigenvalue weighted by Gasteiger charge is 2.27. The van der Waals surface area contributed by atoms with E-state index in [-0.39, 0.29) is 0 Å². The number of hydrogen-bond donors (Lipinski definition) is 1. The molecule has 7 nitrogen and oxygen atoms in total. The van der Waals surface area contributed by atoms with Gasteiger partial charge in [-0.1, -0.05) is 0 Å². The highest BCUT2D eigenvalue weighted by molar-refractivity contribution is 5.61. The number of aryl methyl sites for hydroxylation is 1. The summed E-state index contributed by atoms with van der Waals surface area (Å²) in [7, 11) is 3.36. The van der Waals surface area contributed by atoms with Crippen LogP contribution in [0.1, 0.15) is 30.5 Å². The lowest BCUT2D eigenvalue weighted by Crippen LogP contribution is -2.40. The minimum absolute atomic E-state index is 0.401. The largest absolute Gasteiger partial charge is 0.497 e. The predicted molar refractivity (Wildman–Crippen MR) is 126 cm³/mol. The molecule has 0 radical (unpaired) electrons. The summed E-state index contributed by atoms with van der Waals surface area (Å²) < 4.78 is 10.8. The quantitative estimate of drug-likeness (QED) is 0.629. The normalized spacial score (nSPS) is 16.0. The van der Waals surface area contributed by atoms with Gasteiger partial charge in [-0.2, -0.15) is 0 Å². The Kier molecular flexibility index (Phi) is 5.79. The van der Waals surface area contributed by atoms with Crippen LogP contribution in [-0.4, -0.2) is 48.3 Å². The summed E-state index contributed by atoms with van der Waals surface area (Å²) in [6, 6.07) is 10.3. The summed E-state index contributed by atoms with van der Waals surface area (Å²) in [5, 5.41) is 3.67. The molecule has 0 spiro atoms. The van der Waals surface area contributed by atoms with Crippen molar-refractivity contribution in [1.29, 1.82) is 0 Å². The summed E-state index contributed by atoms with van der Waals surface area (Å²) in [4.78, 5) is 16.5. The van der Waals surface area contributed by atoms with Gasteiger partial charge in [0.1, 0.15) is 17.3 Å². The van der Waals surface area contributed by atoms with Crippen LogP contribution in [0.5, 0.6) is 11.5 Å². The first-order valence-electron chi connectivity index (χ1n) is 11.3. The molecule has 1 aliphatic heterocycles. The molecular weight excluding hydrogens is 402 g/mol. The SMILES string of the molecule is COc1cc(NC2CCN(c3nc(-c4ccncc4)nc4c3CCC4)CC2)cc(OC)c1. The number of pyridine rings is 1. The number of nitrogens with one attached hydrogen (secondary N) is 1. The molecule has 1 aliphatic carbocycles. The molecule has 0 saturated carbocycles. The lowest BCUT2D eigenvalue weighted by Gasteiger charge is -2.34. The van der Waals surface area contributed by atoms with Gasteiger partial charge in [-0.15, -0.1) is 0 Å². The van der Waals surface area contributed by atoms with Crippen LogP contribution in [0.15, 0.2) is 42.7 Å². The van der Waals surface area contributed by atoms with Gasteiger partial charge < -0.3 is 19.7 Å². The standard InChI is InChI=1S/C25H29N5O2/c1-31-20-14-19(15-21(16-20)32-2)27-18-8-12-30(13-9-18)25-22-4-3-5-23(22)28-24(29-25)17-6-10-26-11-7-17/h6-7,10-11,14-16,18,27H,3-5,8-9,12-13H2,1-2H3. The van der Waals surface area contributed by atoms with E-state index in [0.717, 1.165) is 79.6 Å². The van der Waals surface area contributed by atoms with Gasteiger partial charge in [0.15, 0.2) is 5.82 Å². The molecule has 1 fully saturated rings. The van der Waals surface area contributed by atoms with Crippen LogP contribution < -0.4 is 19.7 Å². The van der Waals surface area contributed by atoms with E-state index < -0.39 is 0 Å². The van der Waals surface area contributed by atoms with E-state index in [0.29, 0.717) is 6.04 Å². The van der Waals surface area contributed by atoms with Gasteiger partial charge in [0.05, 0.1) is 14.2 Å². The molecule has 0 unspecified atom stereocenters. The number of aromatic nitrogens is 3. The second-order valence-electron chi connectivity index (χ2n) is 8.39. The van der Waals surface area contributed by atoms with Crippen molar-refractivity contribution in [3.63, 3.8) is 0 Å². The zero-order valence-corrected chi connectivity index (χ0v) is 18.7. The lowest BCUT2D eigenvalue weighted by molar-refractivity contribution is 0.394. The van der Waals surface area contributed by atoms with E-state index in [1.165, 1.54) is 11.3 Å². The van der Waals surface area contributed by atoms with Gasteiger partial charge in [0, 0.05) is 72.2 Å². The van der Waals surface area contributed by atoms with E-state index in [1.54, 1.807) is 26.6 Å². The third-order valence-corrected chi connectivity index (χ3v) is 6.37. The molecular formula is C25H29N5O2. The Labute approximate surface area is 188 Å². The fourth-order valence-electron chi connectivity index (χ4n) is 4.67. The predicted octanol–water partition coefficient (Wildman–Crippen LogP) is 4.13. The smallest absolute Gasteiger partial charge is 0.161 e. The minimum atomic E-state index is 0.401. The summed E-state index contributed by atoms with van der Waals surface area (Å²) >= 11 is 0. The Bertz CT molecular complexity index is 1060. The number of fused-ring (bicyclic) bond motifs is 1.